The lowest BCUT2D eigenvalue weighted by atomic mass is 10.2. The van der Waals surface area contributed by atoms with Gasteiger partial charge in [0.15, 0.2) is 6.61 Å². The van der Waals surface area contributed by atoms with Gasteiger partial charge in [0.05, 0.1) is 10.6 Å². The minimum Gasteiger partial charge on any atom is -0.452 e. The van der Waals surface area contributed by atoms with Gasteiger partial charge in [-0.2, -0.15) is 0 Å². The van der Waals surface area contributed by atoms with E-state index >= 15 is 0 Å². The predicted molar refractivity (Wildman–Crippen MR) is 83.2 cm³/mol. The first-order chi connectivity index (χ1) is 10.3. The number of nitrogens with one attached hydrogen (secondary N) is 2. The molecule has 0 aliphatic rings. The number of halogens is 2. The quantitative estimate of drug-likeness (QED) is 0.802. The van der Waals surface area contributed by atoms with Crippen LogP contribution in [-0.4, -0.2) is 30.6 Å². The molecule has 0 saturated heterocycles. The highest BCUT2D eigenvalue weighted by molar-refractivity contribution is 6.35. The molecule has 22 heavy (non-hydrogen) atoms. The van der Waals surface area contributed by atoms with Crippen molar-refractivity contribution in [3.05, 3.63) is 33.8 Å². The van der Waals surface area contributed by atoms with Crippen molar-refractivity contribution in [3.63, 3.8) is 0 Å². The average Bonchev–Trinajstić information content (AvgIpc) is 2.46. The minimum atomic E-state index is -0.801. The third-order valence-corrected chi connectivity index (χ3v) is 3.29. The van der Waals surface area contributed by atoms with Gasteiger partial charge >= 0.3 is 12.0 Å². The van der Waals surface area contributed by atoms with Gasteiger partial charge in [-0.15, -0.1) is 0 Å². The second-order valence-corrected chi connectivity index (χ2v) is 5.37. The van der Waals surface area contributed by atoms with E-state index < -0.39 is 24.5 Å². The second-order valence-electron chi connectivity index (χ2n) is 4.53. The fraction of sp³-hybridized carbons (Fsp3) is 0.357. The molecule has 1 aromatic carbocycles. The molecule has 1 atom stereocenters. The molecular weight excluding hydrogens is 331 g/mol. The van der Waals surface area contributed by atoms with Crippen LogP contribution in [0.25, 0.3) is 0 Å². The number of carbonyl (C=O) groups is 3. The summed E-state index contributed by atoms with van der Waals surface area (Å²) in [4.78, 5) is 34.7. The lowest BCUT2D eigenvalue weighted by Crippen LogP contribution is -2.44. The molecule has 0 saturated carbocycles. The van der Waals surface area contributed by atoms with Gasteiger partial charge in [0.2, 0.25) is 0 Å². The fourth-order valence-corrected chi connectivity index (χ4v) is 1.75. The van der Waals surface area contributed by atoms with Crippen LogP contribution in [0.2, 0.25) is 10.0 Å². The van der Waals surface area contributed by atoms with E-state index in [1.807, 2.05) is 6.92 Å². The van der Waals surface area contributed by atoms with Gasteiger partial charge in [0.25, 0.3) is 5.91 Å². The summed E-state index contributed by atoms with van der Waals surface area (Å²) in [5.74, 6) is -1.54. The van der Waals surface area contributed by atoms with E-state index in [9.17, 15) is 14.4 Å². The zero-order valence-electron chi connectivity index (χ0n) is 12.1. The Morgan fingerprint density at radius 3 is 2.59 bits per heavy atom. The molecule has 0 radical (unpaired) electrons. The average molecular weight is 347 g/mol. The maximum Gasteiger partial charge on any atom is 0.340 e. The van der Waals surface area contributed by atoms with Crippen molar-refractivity contribution < 1.29 is 19.1 Å². The van der Waals surface area contributed by atoms with Crippen molar-refractivity contribution in [3.8, 4) is 0 Å². The van der Waals surface area contributed by atoms with Crippen LogP contribution in [0.3, 0.4) is 0 Å². The van der Waals surface area contributed by atoms with Crippen LogP contribution in [0.4, 0.5) is 4.79 Å². The summed E-state index contributed by atoms with van der Waals surface area (Å²) in [5.41, 5.74) is 0.0472. The first-order valence-electron chi connectivity index (χ1n) is 6.56. The topological polar surface area (TPSA) is 84.5 Å². The van der Waals surface area contributed by atoms with Crippen molar-refractivity contribution in [1.82, 2.24) is 10.6 Å². The smallest absolute Gasteiger partial charge is 0.340 e. The molecule has 1 rings (SSSR count). The zero-order valence-corrected chi connectivity index (χ0v) is 13.6. The third-order valence-electron chi connectivity index (χ3n) is 2.73. The number of urea groups is 1. The predicted octanol–water partition coefficient (Wildman–Crippen LogP) is 2.77. The number of amides is 3. The number of hydrogen-bond donors (Lipinski definition) is 2. The van der Waals surface area contributed by atoms with Gasteiger partial charge in [-0.05, 0) is 31.5 Å². The Morgan fingerprint density at radius 1 is 1.27 bits per heavy atom. The van der Waals surface area contributed by atoms with Gasteiger partial charge in [-0.25, -0.2) is 9.59 Å². The molecule has 0 heterocycles. The van der Waals surface area contributed by atoms with E-state index in [-0.39, 0.29) is 16.6 Å². The Hall–Kier alpha value is -1.79. The molecular formula is C14H16Cl2N2O4. The van der Waals surface area contributed by atoms with Crippen LogP contribution in [-0.2, 0) is 9.53 Å². The van der Waals surface area contributed by atoms with Crippen LogP contribution in [0.1, 0.15) is 30.6 Å². The Balaban J connectivity index is 2.48. The maximum absolute atomic E-state index is 11.8. The number of hydrogen-bond acceptors (Lipinski definition) is 4. The second kappa shape index (κ2) is 8.60. The molecule has 2 N–H and O–H groups in total. The third kappa shape index (κ3) is 5.91. The number of carbonyl (C=O) groups excluding carboxylic acids is 3. The SMILES string of the molecule is CC[C@H](C)NC(=O)NC(=O)COC(=O)c1cc(Cl)ccc1Cl. The molecule has 0 fully saturated rings. The molecule has 120 valence electrons. The van der Waals surface area contributed by atoms with Crippen LogP contribution >= 0.6 is 23.2 Å². The van der Waals surface area contributed by atoms with E-state index in [0.29, 0.717) is 5.02 Å². The number of benzene rings is 1. The van der Waals surface area contributed by atoms with Crippen LogP contribution in [0.15, 0.2) is 18.2 Å². The largest absolute Gasteiger partial charge is 0.452 e. The van der Waals surface area contributed by atoms with Crippen molar-refractivity contribution in [2.24, 2.45) is 0 Å². The number of esters is 1. The summed E-state index contributed by atoms with van der Waals surface area (Å²) in [7, 11) is 0. The summed E-state index contributed by atoms with van der Waals surface area (Å²) in [6.45, 7) is 3.09. The van der Waals surface area contributed by atoms with Crippen LogP contribution < -0.4 is 10.6 Å². The summed E-state index contributed by atoms with van der Waals surface area (Å²) in [6.07, 6.45) is 0.726. The molecule has 0 aliphatic heterocycles. The lowest BCUT2D eigenvalue weighted by Gasteiger charge is -2.12. The fourth-order valence-electron chi connectivity index (χ4n) is 1.39. The molecule has 8 heteroatoms. The van der Waals surface area contributed by atoms with Gasteiger partial charge in [0, 0.05) is 11.1 Å². The van der Waals surface area contributed by atoms with E-state index in [1.165, 1.54) is 18.2 Å². The summed E-state index contributed by atoms with van der Waals surface area (Å²) in [5, 5.41) is 5.07. The van der Waals surface area contributed by atoms with Gasteiger partial charge in [0.1, 0.15) is 0 Å². The van der Waals surface area contributed by atoms with Crippen molar-refractivity contribution >= 4 is 41.1 Å². The summed E-state index contributed by atoms with van der Waals surface area (Å²) >= 11 is 11.6. The molecule has 0 spiro atoms. The molecule has 0 bridgehead atoms. The van der Waals surface area contributed by atoms with Crippen molar-refractivity contribution in [2.75, 3.05) is 6.61 Å². The molecule has 1 aromatic rings. The van der Waals surface area contributed by atoms with E-state index in [1.54, 1.807) is 6.92 Å². The van der Waals surface area contributed by atoms with Gasteiger partial charge in [-0.3, -0.25) is 10.1 Å². The Bertz CT molecular complexity index is 578. The zero-order chi connectivity index (χ0) is 16.7. The summed E-state index contributed by atoms with van der Waals surface area (Å²) in [6, 6.07) is 3.59. The monoisotopic (exact) mass is 346 g/mol. The van der Waals surface area contributed by atoms with Crippen molar-refractivity contribution in [1.29, 1.82) is 0 Å². The molecule has 6 nitrogen and oxygen atoms in total. The number of imide groups is 1. The van der Waals surface area contributed by atoms with E-state index in [4.69, 9.17) is 27.9 Å². The minimum absolute atomic E-state index is 0.0472. The van der Waals surface area contributed by atoms with E-state index in [2.05, 4.69) is 10.6 Å². The standard InChI is InChI=1S/C14H16Cl2N2O4/c1-3-8(2)17-14(21)18-12(19)7-22-13(20)10-6-9(15)4-5-11(10)16/h4-6,8H,3,7H2,1-2H3,(H2,17,18,19,21)/t8-/m0/s1. The normalized spacial score (nSPS) is 11.5. The van der Waals surface area contributed by atoms with Gasteiger partial charge < -0.3 is 10.1 Å². The number of rotatable bonds is 5. The summed E-state index contributed by atoms with van der Waals surface area (Å²) < 4.78 is 4.78. The number of ether oxygens (including phenoxy) is 1. The Labute approximate surface area is 138 Å². The lowest BCUT2D eigenvalue weighted by molar-refractivity contribution is -0.123. The molecule has 0 unspecified atom stereocenters. The maximum atomic E-state index is 11.8. The molecule has 0 aromatic heterocycles. The highest BCUT2D eigenvalue weighted by Gasteiger charge is 2.16. The van der Waals surface area contributed by atoms with Gasteiger partial charge in [-0.1, -0.05) is 30.1 Å². The van der Waals surface area contributed by atoms with Crippen molar-refractivity contribution in [2.45, 2.75) is 26.3 Å². The first-order valence-corrected chi connectivity index (χ1v) is 7.31. The molecule has 3 amide bonds. The highest BCUT2D eigenvalue weighted by atomic mass is 35.5. The Kier molecular flexibility index (Phi) is 7.14. The van der Waals surface area contributed by atoms with Crippen LogP contribution in [0.5, 0.6) is 0 Å². The van der Waals surface area contributed by atoms with E-state index in [0.717, 1.165) is 6.42 Å². The Morgan fingerprint density at radius 2 is 1.95 bits per heavy atom. The molecule has 0 aliphatic carbocycles. The van der Waals surface area contributed by atoms with Crippen LogP contribution in [0, 0.1) is 0 Å². The highest BCUT2D eigenvalue weighted by Crippen LogP contribution is 2.21. The first kappa shape index (κ1) is 18.3.